The zero-order valence-corrected chi connectivity index (χ0v) is 21.0. The van der Waals surface area contributed by atoms with Crippen LogP contribution in [0.3, 0.4) is 0 Å². The third-order valence-corrected chi connectivity index (χ3v) is 7.19. The van der Waals surface area contributed by atoms with Crippen LogP contribution in [0.2, 0.25) is 0 Å². The maximum absolute atomic E-state index is 12.9. The molecule has 0 radical (unpaired) electrons. The first-order valence-corrected chi connectivity index (χ1v) is 13.0. The Hall–Kier alpha value is -3.20. The molecule has 1 aromatic heterocycles. The van der Waals surface area contributed by atoms with Gasteiger partial charge in [0, 0.05) is 27.2 Å². The number of thiazole rings is 1. The number of amides is 1. The zero-order valence-electron chi connectivity index (χ0n) is 18.5. The summed E-state index contributed by atoms with van der Waals surface area (Å²) in [6, 6.07) is 27.6. The molecule has 34 heavy (non-hydrogen) atoms. The Balaban J connectivity index is 1.36. The molecule has 1 unspecified atom stereocenters. The van der Waals surface area contributed by atoms with Gasteiger partial charge in [-0.05, 0) is 49.0 Å². The Morgan fingerprint density at radius 2 is 1.62 bits per heavy atom. The molecule has 4 rings (SSSR count). The lowest BCUT2D eigenvalue weighted by molar-refractivity contribution is -0.115. The lowest BCUT2D eigenvalue weighted by atomic mass is 10.2. The fraction of sp³-hybridized carbons (Fsp3) is 0.115. The first-order valence-electron chi connectivity index (χ1n) is 10.8. The van der Waals surface area contributed by atoms with Gasteiger partial charge >= 0.3 is 0 Å². The van der Waals surface area contributed by atoms with Crippen molar-refractivity contribution in [2.75, 3.05) is 16.0 Å². The number of nitrogens with one attached hydrogen (secondary N) is 3. The summed E-state index contributed by atoms with van der Waals surface area (Å²) in [5.74, 6) is -0.0545. The Kier molecular flexibility index (Phi) is 8.30. The topological polar surface area (TPSA) is 66.0 Å². The van der Waals surface area contributed by atoms with Crippen LogP contribution in [0, 0.1) is 0 Å². The van der Waals surface area contributed by atoms with E-state index in [4.69, 9.17) is 12.2 Å². The number of para-hydroxylation sites is 1. The fourth-order valence-electron chi connectivity index (χ4n) is 3.21. The van der Waals surface area contributed by atoms with Crippen LogP contribution in [0.4, 0.5) is 16.5 Å². The Morgan fingerprint density at radius 1 is 0.941 bits per heavy atom. The van der Waals surface area contributed by atoms with Crippen LogP contribution in [0.1, 0.15) is 13.3 Å². The molecule has 0 spiro atoms. The summed E-state index contributed by atoms with van der Waals surface area (Å²) in [7, 11) is 0. The molecule has 172 valence electrons. The molecule has 0 aliphatic carbocycles. The van der Waals surface area contributed by atoms with Gasteiger partial charge in [-0.15, -0.1) is 23.1 Å². The van der Waals surface area contributed by atoms with E-state index in [2.05, 4.69) is 20.9 Å². The number of anilines is 3. The number of aromatic nitrogens is 1. The van der Waals surface area contributed by atoms with Gasteiger partial charge in [0.25, 0.3) is 0 Å². The van der Waals surface area contributed by atoms with Crippen molar-refractivity contribution in [2.45, 2.75) is 23.5 Å². The highest BCUT2D eigenvalue weighted by molar-refractivity contribution is 8.00. The van der Waals surface area contributed by atoms with Gasteiger partial charge in [0.15, 0.2) is 10.2 Å². The lowest BCUT2D eigenvalue weighted by Gasteiger charge is -2.15. The van der Waals surface area contributed by atoms with E-state index < -0.39 is 0 Å². The van der Waals surface area contributed by atoms with Crippen LogP contribution < -0.4 is 16.0 Å². The predicted molar refractivity (Wildman–Crippen MR) is 149 cm³/mol. The number of thioether (sulfide) groups is 1. The molecule has 0 aliphatic rings. The summed E-state index contributed by atoms with van der Waals surface area (Å²) >= 11 is 8.38. The van der Waals surface area contributed by atoms with E-state index in [0.29, 0.717) is 16.7 Å². The number of nitrogens with zero attached hydrogens (tertiary/aromatic N) is 1. The first-order chi connectivity index (χ1) is 16.6. The summed E-state index contributed by atoms with van der Waals surface area (Å²) in [5.41, 5.74) is 3.68. The molecule has 8 heteroatoms. The lowest BCUT2D eigenvalue weighted by Crippen LogP contribution is -2.24. The van der Waals surface area contributed by atoms with E-state index in [1.165, 1.54) is 23.1 Å². The van der Waals surface area contributed by atoms with Crippen LogP contribution in [0.15, 0.2) is 95.2 Å². The smallest absolute Gasteiger partial charge is 0.239 e. The highest BCUT2D eigenvalue weighted by atomic mass is 32.2. The van der Waals surface area contributed by atoms with Crippen molar-refractivity contribution >= 4 is 62.8 Å². The van der Waals surface area contributed by atoms with Crippen LogP contribution in [0.5, 0.6) is 0 Å². The molecule has 3 aromatic carbocycles. The van der Waals surface area contributed by atoms with Crippen LogP contribution in [-0.4, -0.2) is 21.3 Å². The van der Waals surface area contributed by atoms with E-state index in [1.807, 2.05) is 97.2 Å². The number of hydrogen-bond acceptors (Lipinski definition) is 5. The Bertz CT molecular complexity index is 1250. The standard InChI is InChI=1S/C26H24N4OS3/c1-2-23(24(31)30-26-29-22(17-33-26)18-10-5-3-6-11-18)34-21-15-9-14-20(16-21)28-25(32)27-19-12-7-4-8-13-19/h3-17,23H,2H2,1H3,(H2,27,28,32)(H,29,30,31). The minimum Gasteiger partial charge on any atom is -0.332 e. The third kappa shape index (κ3) is 6.66. The van der Waals surface area contributed by atoms with Crippen molar-refractivity contribution in [3.63, 3.8) is 0 Å². The maximum atomic E-state index is 12.9. The summed E-state index contributed by atoms with van der Waals surface area (Å²) in [6.45, 7) is 2.01. The molecule has 0 saturated carbocycles. The van der Waals surface area contributed by atoms with Gasteiger partial charge in [-0.1, -0.05) is 61.5 Å². The van der Waals surface area contributed by atoms with Gasteiger partial charge < -0.3 is 16.0 Å². The number of carbonyl (C=O) groups excluding carboxylic acids is 1. The predicted octanol–water partition coefficient (Wildman–Crippen LogP) is 7.13. The van der Waals surface area contributed by atoms with E-state index in [0.717, 1.165) is 27.5 Å². The second-order valence-corrected chi connectivity index (χ2v) is 9.92. The molecular weight excluding hydrogens is 481 g/mol. The van der Waals surface area contributed by atoms with E-state index in [-0.39, 0.29) is 11.2 Å². The van der Waals surface area contributed by atoms with Crippen molar-refractivity contribution in [1.82, 2.24) is 4.98 Å². The Morgan fingerprint density at radius 3 is 2.35 bits per heavy atom. The number of thiocarbonyl (C=S) groups is 1. The molecule has 1 amide bonds. The molecule has 0 aliphatic heterocycles. The SMILES string of the molecule is CCC(Sc1cccc(NC(=S)Nc2ccccc2)c1)C(=O)Nc1nc(-c2ccccc2)cs1. The summed E-state index contributed by atoms with van der Waals surface area (Å²) in [6.07, 6.45) is 0.694. The molecule has 0 bridgehead atoms. The monoisotopic (exact) mass is 504 g/mol. The highest BCUT2D eigenvalue weighted by Gasteiger charge is 2.19. The van der Waals surface area contributed by atoms with Crippen LogP contribution in [0.25, 0.3) is 11.3 Å². The average Bonchev–Trinajstić information content (AvgIpc) is 3.32. The average molecular weight is 505 g/mol. The molecular formula is C26H24N4OS3. The van der Waals surface area contributed by atoms with Gasteiger partial charge in [-0.25, -0.2) is 4.98 Å². The van der Waals surface area contributed by atoms with Gasteiger partial charge in [0.05, 0.1) is 10.9 Å². The van der Waals surface area contributed by atoms with Gasteiger partial charge in [-0.2, -0.15) is 0 Å². The van der Waals surface area contributed by atoms with Crippen molar-refractivity contribution < 1.29 is 4.79 Å². The molecule has 1 atom stereocenters. The molecule has 1 heterocycles. The van der Waals surface area contributed by atoms with Gasteiger partial charge in [0.2, 0.25) is 5.91 Å². The Labute approximate surface area is 213 Å². The number of rotatable bonds is 8. The quantitative estimate of drug-likeness (QED) is 0.175. The highest BCUT2D eigenvalue weighted by Crippen LogP contribution is 2.30. The third-order valence-electron chi connectivity index (χ3n) is 4.87. The molecule has 0 saturated heterocycles. The van der Waals surface area contributed by atoms with Gasteiger partial charge in [0.1, 0.15) is 0 Å². The molecule has 5 nitrogen and oxygen atoms in total. The summed E-state index contributed by atoms with van der Waals surface area (Å²) in [4.78, 5) is 18.5. The summed E-state index contributed by atoms with van der Waals surface area (Å²) < 4.78 is 0. The molecule has 0 fully saturated rings. The zero-order chi connectivity index (χ0) is 23.8. The van der Waals surface area contributed by atoms with E-state index in [1.54, 1.807) is 0 Å². The molecule has 3 N–H and O–H groups in total. The van der Waals surface area contributed by atoms with E-state index in [9.17, 15) is 4.79 Å². The minimum absolute atomic E-state index is 0.0545. The number of benzene rings is 3. The van der Waals surface area contributed by atoms with Crippen molar-refractivity contribution in [1.29, 1.82) is 0 Å². The second-order valence-electron chi connectivity index (χ2n) is 7.38. The number of carbonyl (C=O) groups is 1. The number of hydrogen-bond donors (Lipinski definition) is 3. The van der Waals surface area contributed by atoms with Crippen molar-refractivity contribution in [2.24, 2.45) is 0 Å². The van der Waals surface area contributed by atoms with Crippen LogP contribution >= 0.6 is 35.3 Å². The minimum atomic E-state index is -0.242. The largest absolute Gasteiger partial charge is 0.332 e. The van der Waals surface area contributed by atoms with Crippen LogP contribution in [-0.2, 0) is 4.79 Å². The second kappa shape index (κ2) is 11.8. The summed E-state index contributed by atoms with van der Waals surface area (Å²) in [5, 5.41) is 12.2. The van der Waals surface area contributed by atoms with Gasteiger partial charge in [-0.3, -0.25) is 4.79 Å². The van der Waals surface area contributed by atoms with Crippen molar-refractivity contribution in [3.8, 4) is 11.3 Å². The normalized spacial score (nSPS) is 11.4. The fourth-order valence-corrected chi connectivity index (χ4v) is 5.18. The first kappa shape index (κ1) is 23.9. The van der Waals surface area contributed by atoms with Crippen molar-refractivity contribution in [3.05, 3.63) is 90.3 Å². The van der Waals surface area contributed by atoms with E-state index >= 15 is 0 Å². The maximum Gasteiger partial charge on any atom is 0.239 e. The molecule has 4 aromatic rings.